The predicted octanol–water partition coefficient (Wildman–Crippen LogP) is 1.50. The van der Waals surface area contributed by atoms with Gasteiger partial charge in [0.1, 0.15) is 10.5 Å². The van der Waals surface area contributed by atoms with E-state index in [-0.39, 0.29) is 21.9 Å². The van der Waals surface area contributed by atoms with Crippen molar-refractivity contribution < 1.29 is 0 Å². The molecule has 2 heterocycles. The Hall–Kier alpha value is -1.82. The lowest BCUT2D eigenvalue weighted by atomic mass is 10.1. The molecule has 0 aliphatic rings. The molecular weight excluding hydrogens is 280 g/mol. The second kappa shape index (κ2) is 4.63. The molecule has 0 atom stereocenters. The number of halogens is 1. The van der Waals surface area contributed by atoms with Gasteiger partial charge in [0.2, 0.25) is 0 Å². The fourth-order valence-corrected chi connectivity index (χ4v) is 2.22. The Morgan fingerprint density at radius 2 is 1.80 bits per heavy atom. The molecule has 0 fully saturated rings. The SMILES string of the molecule is Cn1c(=O)c2c(NC(C)(C)C)cc(Cl)nc2n(C)c1=O. The van der Waals surface area contributed by atoms with Crippen LogP contribution in [0.25, 0.3) is 11.0 Å². The smallest absolute Gasteiger partial charge is 0.332 e. The number of nitrogens with zero attached hydrogens (tertiary/aromatic N) is 3. The number of aromatic nitrogens is 3. The molecule has 0 radical (unpaired) electrons. The van der Waals surface area contributed by atoms with Crippen molar-refractivity contribution in [3.8, 4) is 0 Å². The number of anilines is 1. The Balaban J connectivity index is 2.97. The summed E-state index contributed by atoms with van der Waals surface area (Å²) >= 11 is 5.99. The van der Waals surface area contributed by atoms with Gasteiger partial charge in [-0.05, 0) is 26.8 Å². The quantitative estimate of drug-likeness (QED) is 0.810. The van der Waals surface area contributed by atoms with Crippen LogP contribution in [0.3, 0.4) is 0 Å². The summed E-state index contributed by atoms with van der Waals surface area (Å²) in [4.78, 5) is 28.4. The zero-order chi connectivity index (χ0) is 15.2. The van der Waals surface area contributed by atoms with Gasteiger partial charge in [-0.1, -0.05) is 11.6 Å². The fourth-order valence-electron chi connectivity index (χ4n) is 2.03. The first-order valence-corrected chi connectivity index (χ1v) is 6.54. The normalized spacial score (nSPS) is 11.9. The van der Waals surface area contributed by atoms with Crippen molar-refractivity contribution in [2.75, 3.05) is 5.32 Å². The molecule has 0 aromatic carbocycles. The maximum Gasteiger partial charge on any atom is 0.332 e. The summed E-state index contributed by atoms with van der Waals surface area (Å²) in [5.74, 6) is 0. The zero-order valence-electron chi connectivity index (χ0n) is 12.1. The van der Waals surface area contributed by atoms with Crippen molar-refractivity contribution in [3.63, 3.8) is 0 Å². The number of rotatable bonds is 1. The summed E-state index contributed by atoms with van der Waals surface area (Å²) in [7, 11) is 3.01. The Bertz CT molecular complexity index is 799. The molecule has 7 heteroatoms. The van der Waals surface area contributed by atoms with Gasteiger partial charge in [-0.3, -0.25) is 13.9 Å². The summed E-state index contributed by atoms with van der Waals surface area (Å²) < 4.78 is 2.38. The molecule has 0 amide bonds. The van der Waals surface area contributed by atoms with Crippen molar-refractivity contribution in [3.05, 3.63) is 32.1 Å². The lowest BCUT2D eigenvalue weighted by Crippen LogP contribution is -2.38. The summed E-state index contributed by atoms with van der Waals surface area (Å²) in [6.45, 7) is 5.92. The first kappa shape index (κ1) is 14.6. The van der Waals surface area contributed by atoms with Crippen LogP contribution in [0.1, 0.15) is 20.8 Å². The van der Waals surface area contributed by atoms with Crippen molar-refractivity contribution in [2.45, 2.75) is 26.3 Å². The Labute approximate surface area is 121 Å². The van der Waals surface area contributed by atoms with Gasteiger partial charge < -0.3 is 5.32 Å². The van der Waals surface area contributed by atoms with E-state index in [4.69, 9.17) is 11.6 Å². The number of hydrogen-bond acceptors (Lipinski definition) is 4. The topological polar surface area (TPSA) is 68.9 Å². The van der Waals surface area contributed by atoms with E-state index in [2.05, 4.69) is 10.3 Å². The fraction of sp³-hybridized carbons (Fsp3) is 0.462. The van der Waals surface area contributed by atoms with E-state index in [9.17, 15) is 9.59 Å². The maximum absolute atomic E-state index is 12.3. The first-order valence-electron chi connectivity index (χ1n) is 6.16. The van der Waals surface area contributed by atoms with E-state index in [1.165, 1.54) is 11.6 Å². The minimum Gasteiger partial charge on any atom is -0.380 e. The second-order valence-corrected chi connectivity index (χ2v) is 6.16. The van der Waals surface area contributed by atoms with Crippen LogP contribution in [0.2, 0.25) is 5.15 Å². The largest absolute Gasteiger partial charge is 0.380 e. The standard InChI is InChI=1S/C13H17ClN4O2/c1-13(2,3)16-7-6-8(14)15-10-9(7)11(19)18(5)12(20)17(10)4/h6H,1-5H3,(H,15,16). The highest BCUT2D eigenvalue weighted by atomic mass is 35.5. The van der Waals surface area contributed by atoms with Crippen molar-refractivity contribution in [1.29, 1.82) is 0 Å². The van der Waals surface area contributed by atoms with Crippen molar-refractivity contribution in [1.82, 2.24) is 14.1 Å². The van der Waals surface area contributed by atoms with Gasteiger partial charge in [-0.2, -0.15) is 0 Å². The minimum absolute atomic E-state index is 0.229. The lowest BCUT2D eigenvalue weighted by Gasteiger charge is -2.23. The second-order valence-electron chi connectivity index (χ2n) is 5.77. The average molecular weight is 297 g/mol. The van der Waals surface area contributed by atoms with Crippen molar-refractivity contribution in [2.24, 2.45) is 14.1 Å². The molecule has 6 nitrogen and oxygen atoms in total. The summed E-state index contributed by atoms with van der Waals surface area (Å²) in [6, 6.07) is 1.60. The van der Waals surface area contributed by atoms with E-state index >= 15 is 0 Å². The number of aryl methyl sites for hydroxylation is 1. The number of pyridine rings is 1. The van der Waals surface area contributed by atoms with Crippen LogP contribution in [0.15, 0.2) is 15.7 Å². The molecule has 0 unspecified atom stereocenters. The Morgan fingerprint density at radius 1 is 1.20 bits per heavy atom. The van der Waals surface area contributed by atoms with Gasteiger partial charge in [-0.15, -0.1) is 0 Å². The van der Waals surface area contributed by atoms with Crippen LogP contribution >= 0.6 is 11.6 Å². The predicted molar refractivity (Wildman–Crippen MR) is 80.6 cm³/mol. The Morgan fingerprint density at radius 3 is 2.35 bits per heavy atom. The van der Waals surface area contributed by atoms with Gasteiger partial charge in [0.15, 0.2) is 5.65 Å². The molecule has 0 spiro atoms. The first-order chi connectivity index (χ1) is 9.11. The van der Waals surface area contributed by atoms with Gasteiger partial charge >= 0.3 is 5.69 Å². The highest BCUT2D eigenvalue weighted by Gasteiger charge is 2.18. The van der Waals surface area contributed by atoms with Crippen LogP contribution in [0.5, 0.6) is 0 Å². The molecule has 108 valence electrons. The molecule has 20 heavy (non-hydrogen) atoms. The van der Waals surface area contributed by atoms with Gasteiger partial charge in [-0.25, -0.2) is 9.78 Å². The molecule has 2 aromatic rings. The van der Waals surface area contributed by atoms with E-state index in [1.54, 1.807) is 13.1 Å². The van der Waals surface area contributed by atoms with Crippen LogP contribution in [-0.4, -0.2) is 19.7 Å². The van der Waals surface area contributed by atoms with Gasteiger partial charge in [0.05, 0.1) is 5.69 Å². The van der Waals surface area contributed by atoms with E-state index in [0.29, 0.717) is 11.1 Å². The van der Waals surface area contributed by atoms with Crippen LogP contribution in [0, 0.1) is 0 Å². The molecule has 0 bridgehead atoms. The zero-order valence-corrected chi connectivity index (χ0v) is 12.9. The molecule has 2 aromatic heterocycles. The van der Waals surface area contributed by atoms with Gasteiger partial charge in [0.25, 0.3) is 5.56 Å². The van der Waals surface area contributed by atoms with E-state index < -0.39 is 5.69 Å². The molecule has 0 saturated carbocycles. The average Bonchev–Trinajstić information content (AvgIpc) is 2.31. The lowest BCUT2D eigenvalue weighted by molar-refractivity contribution is 0.634. The molecule has 2 rings (SSSR count). The molecule has 0 aliphatic heterocycles. The van der Waals surface area contributed by atoms with Crippen LogP contribution in [-0.2, 0) is 14.1 Å². The maximum atomic E-state index is 12.3. The Kier molecular flexibility index (Phi) is 3.37. The van der Waals surface area contributed by atoms with E-state index in [1.807, 2.05) is 20.8 Å². The summed E-state index contributed by atoms with van der Waals surface area (Å²) in [5, 5.41) is 3.81. The third-order valence-corrected chi connectivity index (χ3v) is 3.08. The van der Waals surface area contributed by atoms with E-state index in [0.717, 1.165) is 4.57 Å². The van der Waals surface area contributed by atoms with Crippen LogP contribution < -0.4 is 16.6 Å². The number of nitrogens with one attached hydrogen (secondary N) is 1. The minimum atomic E-state index is -0.432. The molecule has 0 saturated heterocycles. The van der Waals surface area contributed by atoms with Gasteiger partial charge in [0, 0.05) is 19.6 Å². The van der Waals surface area contributed by atoms with Crippen molar-refractivity contribution >= 4 is 28.3 Å². The third-order valence-electron chi connectivity index (χ3n) is 2.89. The third kappa shape index (κ3) is 2.43. The highest BCUT2D eigenvalue weighted by Crippen LogP contribution is 2.24. The molecule has 1 N–H and O–H groups in total. The summed E-state index contributed by atoms with van der Waals surface area (Å²) in [5.41, 5.74) is -0.226. The number of fused-ring (bicyclic) bond motifs is 1. The molecular formula is C13H17ClN4O2. The monoisotopic (exact) mass is 296 g/mol. The number of hydrogen-bond donors (Lipinski definition) is 1. The highest BCUT2D eigenvalue weighted by molar-refractivity contribution is 6.30. The molecule has 0 aliphatic carbocycles. The van der Waals surface area contributed by atoms with Crippen LogP contribution in [0.4, 0.5) is 5.69 Å². The summed E-state index contributed by atoms with van der Waals surface area (Å²) in [6.07, 6.45) is 0.